The molecule has 5 heteroatoms. The van der Waals surface area contributed by atoms with Crippen LogP contribution in [-0.2, 0) is 4.74 Å². The summed E-state index contributed by atoms with van der Waals surface area (Å²) in [7, 11) is 0. The number of amides is 1. The number of ether oxygens (including phenoxy) is 1. The standard InChI is InChI=1S/C14H24N2O2.ClH/c1-14(2,3)18-13(17)16-10-6-7-11(16)12-9(10)5-4-8-15-12;/h9-12,15H,4-8H2,1-3H3;1H. The van der Waals surface area contributed by atoms with Crippen LogP contribution >= 0.6 is 12.4 Å². The van der Waals surface area contributed by atoms with Crippen LogP contribution in [0.2, 0.25) is 0 Å². The molecule has 3 saturated heterocycles. The van der Waals surface area contributed by atoms with E-state index in [1.807, 2.05) is 25.7 Å². The molecular formula is C14H25ClN2O2. The zero-order valence-electron chi connectivity index (χ0n) is 12.0. The average Bonchev–Trinajstić information content (AvgIpc) is 2.83. The molecule has 3 heterocycles. The number of nitrogens with zero attached hydrogens (tertiary/aromatic N) is 1. The maximum absolute atomic E-state index is 12.3. The van der Waals surface area contributed by atoms with Gasteiger partial charge in [-0.3, -0.25) is 0 Å². The lowest BCUT2D eigenvalue weighted by atomic mass is 9.79. The largest absolute Gasteiger partial charge is 0.444 e. The van der Waals surface area contributed by atoms with Gasteiger partial charge in [-0.15, -0.1) is 12.4 Å². The van der Waals surface area contributed by atoms with Crippen molar-refractivity contribution in [1.82, 2.24) is 10.2 Å². The van der Waals surface area contributed by atoms with Crippen LogP contribution in [0.5, 0.6) is 0 Å². The van der Waals surface area contributed by atoms with E-state index in [0.717, 1.165) is 19.4 Å². The molecule has 3 fully saturated rings. The molecule has 0 radical (unpaired) electrons. The van der Waals surface area contributed by atoms with Crippen molar-refractivity contribution in [3.8, 4) is 0 Å². The first-order valence-electron chi connectivity index (χ1n) is 7.22. The number of carbonyl (C=O) groups is 1. The SMILES string of the molecule is CC(C)(C)OC(=O)N1C2CCC1C1NCCCC12.Cl. The molecule has 0 saturated carbocycles. The van der Waals surface area contributed by atoms with Gasteiger partial charge in [-0.2, -0.15) is 0 Å². The second-order valence-corrected chi connectivity index (χ2v) is 6.89. The fourth-order valence-electron chi connectivity index (χ4n) is 4.01. The van der Waals surface area contributed by atoms with Crippen molar-refractivity contribution in [2.45, 2.75) is 70.2 Å². The highest BCUT2D eigenvalue weighted by Gasteiger charge is 2.56. The van der Waals surface area contributed by atoms with Gasteiger partial charge < -0.3 is 15.0 Å². The molecule has 110 valence electrons. The summed E-state index contributed by atoms with van der Waals surface area (Å²) in [5.74, 6) is 0.657. The van der Waals surface area contributed by atoms with Gasteiger partial charge in [0, 0.05) is 12.1 Å². The van der Waals surface area contributed by atoms with E-state index in [-0.39, 0.29) is 18.5 Å². The molecule has 4 nitrogen and oxygen atoms in total. The first-order chi connectivity index (χ1) is 8.47. The third-order valence-electron chi connectivity index (χ3n) is 4.54. The van der Waals surface area contributed by atoms with E-state index in [1.54, 1.807) is 0 Å². The molecule has 3 rings (SSSR count). The Morgan fingerprint density at radius 3 is 2.53 bits per heavy atom. The molecule has 0 spiro atoms. The average molecular weight is 289 g/mol. The maximum atomic E-state index is 12.3. The fourth-order valence-corrected chi connectivity index (χ4v) is 4.01. The number of fused-ring (bicyclic) bond motifs is 5. The molecule has 0 aromatic rings. The van der Waals surface area contributed by atoms with Crippen LogP contribution < -0.4 is 5.32 Å². The summed E-state index contributed by atoms with van der Waals surface area (Å²) in [5, 5.41) is 3.61. The van der Waals surface area contributed by atoms with E-state index in [0.29, 0.717) is 24.0 Å². The van der Waals surface area contributed by atoms with Crippen LogP contribution in [0.4, 0.5) is 4.79 Å². The summed E-state index contributed by atoms with van der Waals surface area (Å²) in [6, 6.07) is 1.31. The van der Waals surface area contributed by atoms with E-state index in [1.165, 1.54) is 12.8 Å². The summed E-state index contributed by atoms with van der Waals surface area (Å²) in [5.41, 5.74) is -0.391. The van der Waals surface area contributed by atoms with Crippen molar-refractivity contribution in [1.29, 1.82) is 0 Å². The Kier molecular flexibility index (Phi) is 4.03. The summed E-state index contributed by atoms with van der Waals surface area (Å²) >= 11 is 0. The quantitative estimate of drug-likeness (QED) is 0.745. The Labute approximate surface area is 121 Å². The molecule has 0 aromatic heterocycles. The Bertz CT molecular complexity index is 336. The molecule has 0 aliphatic carbocycles. The molecule has 0 aromatic carbocycles. The van der Waals surface area contributed by atoms with Gasteiger partial charge in [-0.05, 0) is 58.9 Å². The third kappa shape index (κ3) is 2.57. The molecule has 4 unspecified atom stereocenters. The van der Waals surface area contributed by atoms with Crippen LogP contribution in [-0.4, -0.2) is 41.3 Å². The second-order valence-electron chi connectivity index (χ2n) is 6.89. The second kappa shape index (κ2) is 5.13. The lowest BCUT2D eigenvalue weighted by Gasteiger charge is -2.33. The van der Waals surface area contributed by atoms with Crippen molar-refractivity contribution in [3.63, 3.8) is 0 Å². The molecule has 1 amide bonds. The Morgan fingerprint density at radius 1 is 1.21 bits per heavy atom. The van der Waals surface area contributed by atoms with Crippen LogP contribution in [0.3, 0.4) is 0 Å². The fraction of sp³-hybridized carbons (Fsp3) is 0.929. The first kappa shape index (κ1) is 14.9. The minimum Gasteiger partial charge on any atom is -0.444 e. The van der Waals surface area contributed by atoms with Crippen molar-refractivity contribution in [2.24, 2.45) is 5.92 Å². The van der Waals surface area contributed by atoms with Crippen molar-refractivity contribution in [3.05, 3.63) is 0 Å². The highest BCUT2D eigenvalue weighted by molar-refractivity contribution is 5.85. The number of rotatable bonds is 0. The summed E-state index contributed by atoms with van der Waals surface area (Å²) in [6.07, 6.45) is 4.70. The van der Waals surface area contributed by atoms with Crippen LogP contribution in [0.25, 0.3) is 0 Å². The van der Waals surface area contributed by atoms with Crippen LogP contribution in [0, 0.1) is 5.92 Å². The van der Waals surface area contributed by atoms with Gasteiger partial charge in [-0.1, -0.05) is 0 Å². The zero-order chi connectivity index (χ0) is 12.9. The first-order valence-corrected chi connectivity index (χ1v) is 7.22. The predicted octanol–water partition coefficient (Wildman–Crippen LogP) is 2.56. The van der Waals surface area contributed by atoms with Crippen molar-refractivity contribution in [2.75, 3.05) is 6.54 Å². The van der Waals surface area contributed by atoms with Crippen LogP contribution in [0.1, 0.15) is 46.5 Å². The number of carbonyl (C=O) groups excluding carboxylic acids is 1. The minimum absolute atomic E-state index is 0. The smallest absolute Gasteiger partial charge is 0.410 e. The Morgan fingerprint density at radius 2 is 1.89 bits per heavy atom. The number of nitrogens with one attached hydrogen (secondary N) is 1. The highest BCUT2D eigenvalue weighted by atomic mass is 35.5. The lowest BCUT2D eigenvalue weighted by molar-refractivity contribution is 0.0202. The van der Waals surface area contributed by atoms with Gasteiger partial charge in [-0.25, -0.2) is 4.79 Å². The molecule has 3 aliphatic rings. The van der Waals surface area contributed by atoms with E-state index in [9.17, 15) is 4.79 Å². The van der Waals surface area contributed by atoms with Crippen molar-refractivity contribution >= 4 is 18.5 Å². The van der Waals surface area contributed by atoms with E-state index >= 15 is 0 Å². The van der Waals surface area contributed by atoms with Gasteiger partial charge >= 0.3 is 6.09 Å². The Hall–Kier alpha value is -0.480. The van der Waals surface area contributed by atoms with Gasteiger partial charge in [0.2, 0.25) is 0 Å². The normalized spacial score (nSPS) is 36.7. The highest BCUT2D eigenvalue weighted by Crippen LogP contribution is 2.45. The van der Waals surface area contributed by atoms with Gasteiger partial charge in [0.25, 0.3) is 0 Å². The molecule has 4 atom stereocenters. The van der Waals surface area contributed by atoms with E-state index in [2.05, 4.69) is 5.32 Å². The molecule has 3 aliphatic heterocycles. The number of hydrogen-bond acceptors (Lipinski definition) is 3. The minimum atomic E-state index is -0.391. The summed E-state index contributed by atoms with van der Waals surface area (Å²) < 4.78 is 5.57. The zero-order valence-corrected chi connectivity index (χ0v) is 12.8. The summed E-state index contributed by atoms with van der Waals surface area (Å²) in [6.45, 7) is 6.92. The van der Waals surface area contributed by atoms with Crippen LogP contribution in [0.15, 0.2) is 0 Å². The monoisotopic (exact) mass is 288 g/mol. The third-order valence-corrected chi connectivity index (χ3v) is 4.54. The van der Waals surface area contributed by atoms with Gasteiger partial charge in [0.05, 0.1) is 6.04 Å². The lowest BCUT2D eigenvalue weighted by Crippen LogP contribution is -2.48. The molecule has 1 N–H and O–H groups in total. The number of halogens is 1. The number of piperidine rings is 1. The maximum Gasteiger partial charge on any atom is 0.410 e. The topological polar surface area (TPSA) is 41.6 Å². The summed E-state index contributed by atoms with van der Waals surface area (Å²) in [4.78, 5) is 14.4. The predicted molar refractivity (Wildman–Crippen MR) is 76.6 cm³/mol. The number of hydrogen-bond donors (Lipinski definition) is 1. The van der Waals surface area contributed by atoms with Gasteiger partial charge in [0.1, 0.15) is 5.60 Å². The molecular weight excluding hydrogens is 264 g/mol. The van der Waals surface area contributed by atoms with E-state index in [4.69, 9.17) is 4.74 Å². The molecule has 19 heavy (non-hydrogen) atoms. The van der Waals surface area contributed by atoms with E-state index < -0.39 is 5.60 Å². The van der Waals surface area contributed by atoms with Gasteiger partial charge in [0.15, 0.2) is 0 Å². The Balaban J connectivity index is 0.00000133. The van der Waals surface area contributed by atoms with Crippen molar-refractivity contribution < 1.29 is 9.53 Å². The molecule has 2 bridgehead atoms.